The number of aliphatic hydroxyl groups is 2. The Morgan fingerprint density at radius 2 is 1.29 bits per heavy atom. The maximum Gasteiger partial charge on any atom is 0.244 e. The topological polar surface area (TPSA) is 40.5 Å². The molecule has 0 aromatic heterocycles. The summed E-state index contributed by atoms with van der Waals surface area (Å²) < 4.78 is 0. The Labute approximate surface area is 145 Å². The molecule has 0 bridgehead atoms. The molecule has 0 aliphatic carbocycles. The fourth-order valence-electron chi connectivity index (χ4n) is 2.38. The highest BCUT2D eigenvalue weighted by molar-refractivity contribution is 7.04. The molecule has 0 atom stereocenters. The number of rotatable bonds is 1. The van der Waals surface area contributed by atoms with Crippen LogP contribution in [0.4, 0.5) is 0 Å². The van der Waals surface area contributed by atoms with E-state index in [9.17, 15) is 10.2 Å². The lowest BCUT2D eigenvalue weighted by Gasteiger charge is -2.19. The average Bonchev–Trinajstić information content (AvgIpc) is 2.49. The Morgan fingerprint density at radius 1 is 0.792 bits per heavy atom. The van der Waals surface area contributed by atoms with Crippen LogP contribution in [0.3, 0.4) is 0 Å². The molecular formula is C21H24O2Si. The molecule has 0 aliphatic rings. The smallest absolute Gasteiger partial charge is 0.244 e. The first-order chi connectivity index (χ1) is 11.0. The summed E-state index contributed by atoms with van der Waals surface area (Å²) in [5.74, 6) is 5.89. The molecule has 0 radical (unpaired) electrons. The summed E-state index contributed by atoms with van der Waals surface area (Å²) in [6.45, 7) is 8.73. The van der Waals surface area contributed by atoms with Crippen LogP contribution in [-0.4, -0.2) is 29.5 Å². The lowest BCUT2D eigenvalue weighted by molar-refractivity contribution is 0.143. The summed E-state index contributed by atoms with van der Waals surface area (Å²) in [6, 6.07) is 14.3. The summed E-state index contributed by atoms with van der Waals surface area (Å²) in [5, 5.41) is 23.4. The summed E-state index contributed by atoms with van der Waals surface area (Å²) >= 11 is 0. The molecule has 0 fully saturated rings. The molecule has 0 amide bonds. The minimum absolute atomic E-state index is 1.07. The van der Waals surface area contributed by atoms with Gasteiger partial charge in [0.2, 0.25) is 8.07 Å². The van der Waals surface area contributed by atoms with E-state index in [1.165, 1.54) is 0 Å². The van der Waals surface area contributed by atoms with Crippen LogP contribution in [0.1, 0.15) is 27.7 Å². The van der Waals surface area contributed by atoms with Gasteiger partial charge in [0.1, 0.15) is 11.2 Å². The minimum atomic E-state index is -2.55. The molecule has 2 nitrogen and oxygen atoms in total. The fraction of sp³-hybridized carbons (Fsp3) is 0.333. The molecular weight excluding hydrogens is 312 g/mol. The molecule has 0 aliphatic heterocycles. The zero-order valence-electron chi connectivity index (χ0n) is 14.9. The molecule has 2 rings (SSSR count). The molecule has 3 heteroatoms. The first-order valence-electron chi connectivity index (χ1n) is 8.02. The molecule has 2 aromatic carbocycles. The van der Waals surface area contributed by atoms with Crippen molar-refractivity contribution in [1.82, 2.24) is 0 Å². The van der Waals surface area contributed by atoms with Crippen molar-refractivity contribution in [2.75, 3.05) is 0 Å². The Hall–Kier alpha value is -2.04. The Bertz CT molecular complexity index is 825. The van der Waals surface area contributed by atoms with Crippen LogP contribution in [0.5, 0.6) is 0 Å². The lowest BCUT2D eigenvalue weighted by Crippen LogP contribution is -2.44. The molecule has 0 saturated carbocycles. The van der Waals surface area contributed by atoms with Gasteiger partial charge in [-0.05, 0) is 50.2 Å². The van der Waals surface area contributed by atoms with Crippen molar-refractivity contribution >= 4 is 24.0 Å². The van der Waals surface area contributed by atoms with E-state index in [0.717, 1.165) is 16.0 Å². The molecule has 2 N–H and O–H groups in total. The van der Waals surface area contributed by atoms with Crippen LogP contribution in [0.15, 0.2) is 42.5 Å². The van der Waals surface area contributed by atoms with Crippen LogP contribution in [0, 0.1) is 22.9 Å². The lowest BCUT2D eigenvalue weighted by atomic mass is 10.1. The second-order valence-electron chi connectivity index (χ2n) is 7.27. The Kier molecular flexibility index (Phi) is 4.92. The van der Waals surface area contributed by atoms with Crippen molar-refractivity contribution in [1.29, 1.82) is 0 Å². The largest absolute Gasteiger partial charge is 0.378 e. The van der Waals surface area contributed by atoms with Crippen LogP contribution in [0.2, 0.25) is 6.55 Å². The highest BCUT2D eigenvalue weighted by Gasteiger charge is 2.29. The van der Waals surface area contributed by atoms with E-state index < -0.39 is 19.3 Å². The van der Waals surface area contributed by atoms with Crippen molar-refractivity contribution in [2.24, 2.45) is 0 Å². The van der Waals surface area contributed by atoms with Gasteiger partial charge in [-0.15, -0.1) is 11.1 Å². The number of benzene rings is 2. The number of hydrogen-bond acceptors (Lipinski definition) is 2. The van der Waals surface area contributed by atoms with Gasteiger partial charge in [0.05, 0.1) is 0 Å². The minimum Gasteiger partial charge on any atom is -0.378 e. The van der Waals surface area contributed by atoms with Crippen molar-refractivity contribution in [3.63, 3.8) is 0 Å². The zero-order chi connectivity index (χ0) is 18.0. The number of hydrogen-bond donors (Lipinski definition) is 2. The molecule has 2 aromatic rings. The maximum absolute atomic E-state index is 10.0. The van der Waals surface area contributed by atoms with Crippen molar-refractivity contribution in [3.8, 4) is 22.9 Å². The summed E-state index contributed by atoms with van der Waals surface area (Å²) in [5.41, 5.74) is 4.39. The van der Waals surface area contributed by atoms with Gasteiger partial charge in [-0.3, -0.25) is 0 Å². The fourth-order valence-corrected chi connectivity index (χ4v) is 5.02. The molecule has 24 heavy (non-hydrogen) atoms. The van der Waals surface area contributed by atoms with Gasteiger partial charge in [0.15, 0.2) is 0 Å². The Balaban J connectivity index is 2.73. The predicted molar refractivity (Wildman–Crippen MR) is 103 cm³/mol. The van der Waals surface area contributed by atoms with Gasteiger partial charge >= 0.3 is 0 Å². The first kappa shape index (κ1) is 18.3. The molecule has 0 spiro atoms. The van der Waals surface area contributed by atoms with Gasteiger partial charge in [0.25, 0.3) is 0 Å². The van der Waals surface area contributed by atoms with Crippen molar-refractivity contribution < 1.29 is 10.2 Å². The van der Waals surface area contributed by atoms with Crippen molar-refractivity contribution in [3.05, 3.63) is 42.5 Å². The normalized spacial score (nSPS) is 12.1. The van der Waals surface area contributed by atoms with Gasteiger partial charge in [-0.25, -0.2) is 0 Å². The summed E-state index contributed by atoms with van der Waals surface area (Å²) in [6.07, 6.45) is 0. The van der Waals surface area contributed by atoms with Gasteiger partial charge in [-0.2, -0.15) is 0 Å². The van der Waals surface area contributed by atoms with Gasteiger partial charge in [-0.1, -0.05) is 54.3 Å². The zero-order valence-corrected chi connectivity index (χ0v) is 15.9. The van der Waals surface area contributed by atoms with Crippen LogP contribution >= 0.6 is 0 Å². The van der Waals surface area contributed by atoms with Crippen molar-refractivity contribution in [2.45, 2.75) is 45.4 Å². The van der Waals surface area contributed by atoms with E-state index >= 15 is 0 Å². The third-order valence-electron chi connectivity index (χ3n) is 3.57. The standard InChI is InChI=1S/C21H24O2Si/c1-20(2,22)13-15-24(5,16-14-21(3,4)23)19-12-8-10-17-9-6-7-11-18(17)19/h6-12,22-23H,1-5H3. The predicted octanol–water partition coefficient (Wildman–Crippen LogP) is 2.75. The van der Waals surface area contributed by atoms with Crippen LogP contribution in [0.25, 0.3) is 10.8 Å². The molecule has 124 valence electrons. The second kappa shape index (κ2) is 6.46. The molecule has 0 saturated heterocycles. The maximum atomic E-state index is 10.0. The third kappa shape index (κ3) is 4.73. The first-order valence-corrected chi connectivity index (χ1v) is 10.5. The molecule has 0 heterocycles. The van der Waals surface area contributed by atoms with E-state index in [0.29, 0.717) is 0 Å². The van der Waals surface area contributed by atoms with Crippen LogP contribution in [-0.2, 0) is 0 Å². The monoisotopic (exact) mass is 336 g/mol. The van der Waals surface area contributed by atoms with E-state index in [1.54, 1.807) is 27.7 Å². The average molecular weight is 337 g/mol. The summed E-state index contributed by atoms with van der Waals surface area (Å²) in [4.78, 5) is 0. The highest BCUT2D eigenvalue weighted by atomic mass is 28.3. The van der Waals surface area contributed by atoms with Gasteiger partial charge < -0.3 is 10.2 Å². The van der Waals surface area contributed by atoms with E-state index in [2.05, 4.69) is 53.7 Å². The number of fused-ring (bicyclic) bond motifs is 1. The van der Waals surface area contributed by atoms with E-state index in [-0.39, 0.29) is 0 Å². The second-order valence-corrected chi connectivity index (χ2v) is 10.6. The van der Waals surface area contributed by atoms with Crippen LogP contribution < -0.4 is 5.19 Å². The van der Waals surface area contributed by atoms with Gasteiger partial charge in [0, 0.05) is 0 Å². The SMILES string of the molecule is CC(C)(O)C#C[Si](C)(C#CC(C)(C)O)c1cccc2ccccc12. The van der Waals surface area contributed by atoms with E-state index in [4.69, 9.17) is 0 Å². The summed E-state index contributed by atoms with van der Waals surface area (Å²) in [7, 11) is -2.55. The highest BCUT2D eigenvalue weighted by Crippen LogP contribution is 2.16. The Morgan fingerprint density at radius 3 is 1.83 bits per heavy atom. The quantitative estimate of drug-likeness (QED) is 0.621. The third-order valence-corrected chi connectivity index (χ3v) is 6.33. The van der Waals surface area contributed by atoms with E-state index in [1.807, 2.05) is 18.2 Å². The molecule has 0 unspecified atom stereocenters.